The number of aromatic nitrogens is 1. The monoisotopic (exact) mass is 717 g/mol. The number of carbonyl (C=O) groups is 4. The van der Waals surface area contributed by atoms with Gasteiger partial charge in [-0.1, -0.05) is 42.1 Å². The second-order valence-corrected chi connectivity index (χ2v) is 14.2. The van der Waals surface area contributed by atoms with Crippen LogP contribution in [0.25, 0.3) is 0 Å². The first kappa shape index (κ1) is 35.8. The average Bonchev–Trinajstić information content (AvgIpc) is 3.79. The third kappa shape index (κ3) is 7.72. The van der Waals surface area contributed by atoms with Crippen LogP contribution in [-0.2, 0) is 35.1 Å². The predicted molar refractivity (Wildman–Crippen MR) is 183 cm³/mol. The summed E-state index contributed by atoms with van der Waals surface area (Å²) < 4.78 is 10.5. The summed E-state index contributed by atoms with van der Waals surface area (Å²) in [6.45, 7) is 3.03. The van der Waals surface area contributed by atoms with Crippen LogP contribution in [0.5, 0.6) is 0 Å². The minimum atomic E-state index is -1.06. The van der Waals surface area contributed by atoms with Gasteiger partial charge in [-0.3, -0.25) is 14.5 Å². The van der Waals surface area contributed by atoms with Crippen LogP contribution in [0, 0.1) is 5.41 Å². The van der Waals surface area contributed by atoms with Crippen LogP contribution in [0.2, 0.25) is 10.0 Å². The van der Waals surface area contributed by atoms with Crippen molar-refractivity contribution >= 4 is 58.3 Å². The number of nitrogens with one attached hydrogen (secondary N) is 1. The number of piperazine rings is 1. The van der Waals surface area contributed by atoms with E-state index in [0.29, 0.717) is 56.0 Å². The van der Waals surface area contributed by atoms with E-state index >= 15 is 0 Å². The largest absolute Gasteiger partial charge is 0.466 e. The number of aryl methyl sites for hydroxylation is 1. The number of rotatable bonds is 12. The van der Waals surface area contributed by atoms with Crippen molar-refractivity contribution in [2.45, 2.75) is 57.3 Å². The number of halogens is 2. The Morgan fingerprint density at radius 1 is 0.979 bits per heavy atom. The third-order valence-corrected chi connectivity index (χ3v) is 11.2. The molecule has 3 N–H and O–H groups in total. The predicted octanol–water partition coefficient (Wildman–Crippen LogP) is 4.59. The number of hydrogen-bond donors (Lipinski definition) is 2. The number of amides is 2. The fourth-order valence-corrected chi connectivity index (χ4v) is 8.30. The molecule has 1 saturated heterocycles. The van der Waals surface area contributed by atoms with Gasteiger partial charge < -0.3 is 25.4 Å². The Morgan fingerprint density at radius 2 is 1.60 bits per heavy atom. The second-order valence-electron chi connectivity index (χ2n) is 12.4. The number of methoxy groups -OCH3 is 2. The van der Waals surface area contributed by atoms with Crippen LogP contribution in [0.1, 0.15) is 61.4 Å². The molecule has 3 aliphatic rings. The van der Waals surface area contributed by atoms with Crippen molar-refractivity contribution in [1.29, 1.82) is 0 Å². The van der Waals surface area contributed by atoms with Crippen LogP contribution in [0.3, 0.4) is 0 Å². The number of primary amides is 1. The molecule has 11 nitrogen and oxygen atoms in total. The Hall–Kier alpha value is -3.45. The quantitative estimate of drug-likeness (QED) is 0.301. The molecule has 0 bridgehead atoms. The van der Waals surface area contributed by atoms with E-state index in [1.807, 2.05) is 5.38 Å². The second kappa shape index (κ2) is 15.8. The van der Waals surface area contributed by atoms with Crippen molar-refractivity contribution in [3.05, 3.63) is 72.9 Å². The minimum Gasteiger partial charge on any atom is -0.466 e. The zero-order valence-corrected chi connectivity index (χ0v) is 29.5. The molecule has 48 heavy (non-hydrogen) atoms. The fourth-order valence-electron chi connectivity index (χ4n) is 7.06. The summed E-state index contributed by atoms with van der Waals surface area (Å²) in [6, 6.07) is 4.94. The van der Waals surface area contributed by atoms with E-state index in [1.165, 1.54) is 25.6 Å². The zero-order chi connectivity index (χ0) is 34.4. The molecule has 5 rings (SSSR count). The summed E-state index contributed by atoms with van der Waals surface area (Å²) in [5.74, 6) is -2.86. The number of esters is 2. The molecule has 258 valence electrons. The van der Waals surface area contributed by atoms with Gasteiger partial charge in [-0.05, 0) is 44.4 Å². The average molecular weight is 719 g/mol. The number of carbonyl (C=O) groups excluding carboxylic acids is 4. The molecule has 1 aromatic heterocycles. The number of nitrogens with two attached hydrogens (primary N) is 1. The molecule has 1 unspecified atom stereocenters. The molecule has 3 heterocycles. The van der Waals surface area contributed by atoms with Crippen molar-refractivity contribution < 1.29 is 28.7 Å². The van der Waals surface area contributed by atoms with E-state index in [1.54, 1.807) is 29.3 Å². The summed E-state index contributed by atoms with van der Waals surface area (Å²) in [5, 5.41) is 6.49. The molecule has 2 aliphatic heterocycles. The molecule has 1 aliphatic carbocycles. The first-order valence-corrected chi connectivity index (χ1v) is 17.7. The molecule has 14 heteroatoms. The Labute approximate surface area is 294 Å². The lowest BCUT2D eigenvalue weighted by molar-refractivity contribution is -0.137. The SMILES string of the molecule is COC(=O)C1=C(CCc2nccs2)NC(CC(=O)N2CCN(CCC3(C(N)=O)CCCC3)CC2)=C(C(=O)OC)C1c1c(Cl)cccc1Cl. The highest BCUT2D eigenvalue weighted by molar-refractivity contribution is 7.09. The molecule has 1 atom stereocenters. The van der Waals surface area contributed by atoms with Crippen LogP contribution in [0.15, 0.2) is 52.3 Å². The van der Waals surface area contributed by atoms with Crippen molar-refractivity contribution in [3.8, 4) is 0 Å². The van der Waals surface area contributed by atoms with E-state index in [2.05, 4.69) is 15.2 Å². The molecule has 0 radical (unpaired) electrons. The number of allylic oxidation sites excluding steroid dienone is 1. The van der Waals surface area contributed by atoms with Crippen molar-refractivity contribution in [3.63, 3.8) is 0 Å². The lowest BCUT2D eigenvalue weighted by atomic mass is 9.78. The molecule has 2 fully saturated rings. The Balaban J connectivity index is 1.42. The van der Waals surface area contributed by atoms with Crippen molar-refractivity contribution in [2.24, 2.45) is 11.1 Å². The van der Waals surface area contributed by atoms with E-state index in [0.717, 1.165) is 43.7 Å². The van der Waals surface area contributed by atoms with Crippen LogP contribution >= 0.6 is 34.5 Å². The Morgan fingerprint density at radius 3 is 2.17 bits per heavy atom. The van der Waals surface area contributed by atoms with Gasteiger partial charge in [0.25, 0.3) is 0 Å². The van der Waals surface area contributed by atoms with Crippen molar-refractivity contribution in [2.75, 3.05) is 46.9 Å². The van der Waals surface area contributed by atoms with Gasteiger partial charge in [0.2, 0.25) is 11.8 Å². The lowest BCUT2D eigenvalue weighted by Gasteiger charge is -2.37. The molecule has 2 aromatic rings. The van der Waals surface area contributed by atoms with E-state index in [-0.39, 0.29) is 39.4 Å². The summed E-state index contributed by atoms with van der Waals surface area (Å²) in [7, 11) is 2.51. The number of hydrogen-bond acceptors (Lipinski definition) is 10. The van der Waals surface area contributed by atoms with E-state index in [4.69, 9.17) is 38.4 Å². The summed E-state index contributed by atoms with van der Waals surface area (Å²) >= 11 is 14.9. The number of nitrogens with zero attached hydrogens (tertiary/aromatic N) is 3. The normalized spacial score (nSPS) is 19.7. The highest BCUT2D eigenvalue weighted by atomic mass is 35.5. The van der Waals surface area contributed by atoms with Gasteiger partial charge in [0, 0.05) is 71.2 Å². The number of ether oxygens (including phenoxy) is 2. The summed E-state index contributed by atoms with van der Waals surface area (Å²) in [6.07, 6.45) is 6.84. The number of thiazole rings is 1. The van der Waals surface area contributed by atoms with Crippen molar-refractivity contribution in [1.82, 2.24) is 20.1 Å². The summed E-state index contributed by atoms with van der Waals surface area (Å²) in [4.78, 5) is 61.6. The maximum atomic E-state index is 13.9. The van der Waals surface area contributed by atoms with Gasteiger partial charge in [-0.25, -0.2) is 14.6 Å². The maximum Gasteiger partial charge on any atom is 0.336 e. The van der Waals surface area contributed by atoms with Crippen LogP contribution < -0.4 is 11.1 Å². The van der Waals surface area contributed by atoms with E-state index in [9.17, 15) is 19.2 Å². The maximum absolute atomic E-state index is 13.9. The third-order valence-electron chi connectivity index (χ3n) is 9.74. The van der Waals surface area contributed by atoms with Crippen LogP contribution in [-0.4, -0.2) is 85.5 Å². The minimum absolute atomic E-state index is 0.0613. The smallest absolute Gasteiger partial charge is 0.336 e. The molecule has 1 aromatic carbocycles. The van der Waals surface area contributed by atoms with Gasteiger partial charge in [-0.15, -0.1) is 11.3 Å². The van der Waals surface area contributed by atoms with Gasteiger partial charge in [-0.2, -0.15) is 0 Å². The number of benzene rings is 1. The van der Waals surface area contributed by atoms with Gasteiger partial charge >= 0.3 is 11.9 Å². The lowest BCUT2D eigenvalue weighted by Crippen LogP contribution is -2.50. The molecule has 1 saturated carbocycles. The standard InChI is InChI=1S/C34H41Cl2N5O6S/c1-46-31(43)28-23(8-9-25-38-13-19-48-25)39-24(29(32(44)47-2)30(28)27-21(35)6-5-7-22(27)36)20-26(42)41-17-15-40(16-18-41)14-12-34(33(37)45)10-3-4-11-34/h5-7,13,19,30,39H,3-4,8-12,14-18,20H2,1-2H3,(H2,37,45). The highest BCUT2D eigenvalue weighted by Crippen LogP contribution is 2.46. The summed E-state index contributed by atoms with van der Waals surface area (Å²) in [5.41, 5.74) is 6.71. The van der Waals surface area contributed by atoms with E-state index < -0.39 is 23.3 Å². The van der Waals surface area contributed by atoms with Gasteiger partial charge in [0.1, 0.15) is 0 Å². The fraction of sp³-hybridized carbons (Fsp3) is 0.500. The molecule has 2 amide bonds. The van der Waals surface area contributed by atoms with Crippen LogP contribution in [0.4, 0.5) is 0 Å². The zero-order valence-electron chi connectivity index (χ0n) is 27.2. The molecular weight excluding hydrogens is 677 g/mol. The Bertz CT molecular complexity index is 1580. The Kier molecular flexibility index (Phi) is 11.8. The number of dihydropyridines is 1. The first-order valence-electron chi connectivity index (χ1n) is 16.1. The highest BCUT2D eigenvalue weighted by Gasteiger charge is 2.43. The molecular formula is C34H41Cl2N5O6S. The molecule has 0 spiro atoms. The van der Waals surface area contributed by atoms with Gasteiger partial charge in [0.15, 0.2) is 0 Å². The van der Waals surface area contributed by atoms with Gasteiger partial charge in [0.05, 0.1) is 48.1 Å². The first-order chi connectivity index (χ1) is 23.1. The topological polar surface area (TPSA) is 144 Å².